The Morgan fingerprint density at radius 1 is 1.28 bits per heavy atom. The number of nitrogens with zero attached hydrogens (tertiary/aromatic N) is 3. The number of alkyl halides is 2. The van der Waals surface area contributed by atoms with Crippen LogP contribution in [-0.4, -0.2) is 59.4 Å². The van der Waals surface area contributed by atoms with Crippen molar-refractivity contribution in [2.24, 2.45) is 0 Å². The second-order valence-electron chi connectivity index (χ2n) is 8.80. The van der Waals surface area contributed by atoms with Gasteiger partial charge in [-0.3, -0.25) is 9.69 Å². The lowest BCUT2D eigenvalue weighted by Crippen LogP contribution is -2.39. The van der Waals surface area contributed by atoms with Gasteiger partial charge < -0.3 is 16.4 Å². The molecule has 1 aliphatic heterocycles. The van der Waals surface area contributed by atoms with Crippen molar-refractivity contribution in [3.63, 3.8) is 0 Å². The normalized spacial score (nSPS) is 20.7. The van der Waals surface area contributed by atoms with Crippen LogP contribution in [0, 0.1) is 0 Å². The fraction of sp³-hybridized carbons (Fsp3) is 0.522. The average molecular weight is 445 g/mol. The number of hydrogen-bond donors (Lipinski definition) is 3. The molecule has 7 nitrogen and oxygen atoms in total. The summed E-state index contributed by atoms with van der Waals surface area (Å²) in [5, 5.41) is 6.26. The minimum Gasteiger partial charge on any atom is -0.399 e. The number of benzene rings is 1. The summed E-state index contributed by atoms with van der Waals surface area (Å²) in [4.78, 5) is 23.4. The molecule has 1 saturated heterocycles. The van der Waals surface area contributed by atoms with E-state index in [0.717, 1.165) is 35.5 Å². The van der Waals surface area contributed by atoms with Gasteiger partial charge >= 0.3 is 0 Å². The third-order valence-electron chi connectivity index (χ3n) is 6.33. The van der Waals surface area contributed by atoms with Crippen LogP contribution >= 0.6 is 0 Å². The van der Waals surface area contributed by atoms with Gasteiger partial charge in [-0.15, -0.1) is 0 Å². The smallest absolute Gasteiger partial charge is 0.261 e. The Morgan fingerprint density at radius 2 is 2.06 bits per heavy atom. The first kappa shape index (κ1) is 22.4. The average Bonchev–Trinajstić information content (AvgIpc) is 3.32. The van der Waals surface area contributed by atoms with Crippen molar-refractivity contribution < 1.29 is 13.6 Å². The number of fused-ring (bicyclic) bond motifs is 1. The van der Waals surface area contributed by atoms with Crippen LogP contribution in [0.1, 0.15) is 48.4 Å². The van der Waals surface area contributed by atoms with Crippen molar-refractivity contribution in [3.05, 3.63) is 47.4 Å². The van der Waals surface area contributed by atoms with Crippen molar-refractivity contribution in [3.8, 4) is 0 Å². The highest BCUT2D eigenvalue weighted by Gasteiger charge is 2.39. The molecule has 0 spiro atoms. The van der Waals surface area contributed by atoms with E-state index < -0.39 is 11.8 Å². The van der Waals surface area contributed by atoms with Gasteiger partial charge in [-0.05, 0) is 36.5 Å². The molecule has 4 rings (SSSR count). The van der Waals surface area contributed by atoms with Crippen molar-refractivity contribution in [2.45, 2.75) is 43.9 Å². The molecule has 9 heteroatoms. The van der Waals surface area contributed by atoms with E-state index >= 15 is 0 Å². The number of hydrogen-bond acceptors (Lipinski definition) is 6. The van der Waals surface area contributed by atoms with Gasteiger partial charge in [0.15, 0.2) is 0 Å². The lowest BCUT2D eigenvalue weighted by Gasteiger charge is -2.24. The molecule has 2 aliphatic rings. The number of anilines is 2. The predicted molar refractivity (Wildman–Crippen MR) is 120 cm³/mol. The van der Waals surface area contributed by atoms with Crippen LogP contribution in [0.2, 0.25) is 0 Å². The molecule has 0 radical (unpaired) electrons. The maximum absolute atomic E-state index is 13.7. The summed E-state index contributed by atoms with van der Waals surface area (Å²) in [6.45, 7) is 3.29. The van der Waals surface area contributed by atoms with Gasteiger partial charge in [0.25, 0.3) is 5.92 Å². The van der Waals surface area contributed by atoms with E-state index in [1.54, 1.807) is 35.5 Å². The summed E-state index contributed by atoms with van der Waals surface area (Å²) in [6.07, 6.45) is 3.43. The Hall–Kier alpha value is -2.81. The molecular formula is C23H30F2N6O. The van der Waals surface area contributed by atoms with Crippen LogP contribution in [0.3, 0.4) is 0 Å². The molecule has 1 fully saturated rings. The summed E-state index contributed by atoms with van der Waals surface area (Å²) in [5.41, 5.74) is 9.38. The van der Waals surface area contributed by atoms with E-state index in [1.165, 1.54) is 0 Å². The van der Waals surface area contributed by atoms with E-state index in [9.17, 15) is 13.6 Å². The molecule has 1 aromatic heterocycles. The van der Waals surface area contributed by atoms with Crippen molar-refractivity contribution in [1.82, 2.24) is 20.2 Å². The highest BCUT2D eigenvalue weighted by atomic mass is 19.3. The molecule has 2 aromatic rings. The first-order valence-electron chi connectivity index (χ1n) is 11.1. The fourth-order valence-corrected chi connectivity index (χ4v) is 4.57. The molecule has 1 amide bonds. The number of aromatic nitrogens is 2. The van der Waals surface area contributed by atoms with E-state index in [1.807, 2.05) is 0 Å². The number of rotatable bonds is 8. The minimum atomic E-state index is -2.69. The van der Waals surface area contributed by atoms with Crippen LogP contribution in [0.4, 0.5) is 20.3 Å². The van der Waals surface area contributed by atoms with Crippen molar-refractivity contribution in [2.75, 3.05) is 43.8 Å². The number of halogens is 2. The molecular weight excluding hydrogens is 414 g/mol. The van der Waals surface area contributed by atoms with Crippen molar-refractivity contribution in [1.29, 1.82) is 0 Å². The van der Waals surface area contributed by atoms with Gasteiger partial charge in [-0.1, -0.05) is 19.1 Å². The van der Waals surface area contributed by atoms with Crippen LogP contribution in [-0.2, 0) is 11.2 Å². The number of aryl methyl sites for hydroxylation is 1. The molecule has 0 bridgehead atoms. The molecule has 172 valence electrons. The number of nitrogens with two attached hydrogens (primary N) is 1. The van der Waals surface area contributed by atoms with E-state index in [2.05, 4.69) is 27.5 Å². The number of likely N-dealkylation sites (tertiary alicyclic amines) is 1. The SMILES string of the molecule is C[C@@H]1CCc2ncnc(NCCNC(=O)C(CN3CCC(F)(F)C3)c3ccc(N)cc3)c21. The molecule has 4 N–H and O–H groups in total. The van der Waals surface area contributed by atoms with E-state index in [0.29, 0.717) is 24.7 Å². The standard InChI is InChI=1S/C23H30F2N6O/c1-15-2-7-19-20(15)21(30-14-29-19)27-9-10-28-22(32)18(16-3-5-17(26)6-4-16)12-31-11-8-23(24,25)13-31/h3-6,14-15,18H,2,7-13,26H2,1H3,(H,28,32)(H,27,29,30)/t15-,18?/m1/s1. The van der Waals surface area contributed by atoms with Crippen LogP contribution in [0.15, 0.2) is 30.6 Å². The Kier molecular flexibility index (Phi) is 6.55. The molecule has 1 aliphatic carbocycles. The summed E-state index contributed by atoms with van der Waals surface area (Å²) < 4.78 is 27.3. The zero-order chi connectivity index (χ0) is 22.7. The van der Waals surface area contributed by atoms with Gasteiger partial charge in [-0.25, -0.2) is 18.7 Å². The van der Waals surface area contributed by atoms with Crippen LogP contribution in [0.25, 0.3) is 0 Å². The van der Waals surface area contributed by atoms with Gasteiger partial charge in [0.2, 0.25) is 5.91 Å². The topological polar surface area (TPSA) is 96.2 Å². The van der Waals surface area contributed by atoms with E-state index in [4.69, 9.17) is 5.73 Å². The maximum atomic E-state index is 13.7. The highest BCUT2D eigenvalue weighted by Crippen LogP contribution is 2.35. The van der Waals surface area contributed by atoms with Gasteiger partial charge in [-0.2, -0.15) is 0 Å². The first-order chi connectivity index (χ1) is 15.3. The summed E-state index contributed by atoms with van der Waals surface area (Å²) in [5.74, 6) is -2.19. The maximum Gasteiger partial charge on any atom is 0.261 e. The second-order valence-corrected chi connectivity index (χ2v) is 8.80. The Bertz CT molecular complexity index is 952. The Balaban J connectivity index is 1.36. The summed E-state index contributed by atoms with van der Waals surface area (Å²) >= 11 is 0. The van der Waals surface area contributed by atoms with Gasteiger partial charge in [0, 0.05) is 49.5 Å². The predicted octanol–water partition coefficient (Wildman–Crippen LogP) is 2.76. The molecule has 0 saturated carbocycles. The number of amides is 1. The summed E-state index contributed by atoms with van der Waals surface area (Å²) in [6, 6.07) is 7.04. The lowest BCUT2D eigenvalue weighted by molar-refractivity contribution is -0.123. The van der Waals surface area contributed by atoms with Gasteiger partial charge in [0.1, 0.15) is 12.1 Å². The molecule has 1 unspecified atom stereocenters. The number of nitrogens with one attached hydrogen (secondary N) is 2. The largest absolute Gasteiger partial charge is 0.399 e. The van der Waals surface area contributed by atoms with E-state index in [-0.39, 0.29) is 32.0 Å². The monoisotopic (exact) mass is 444 g/mol. The zero-order valence-corrected chi connectivity index (χ0v) is 18.3. The van der Waals surface area contributed by atoms with Crippen molar-refractivity contribution >= 4 is 17.4 Å². The highest BCUT2D eigenvalue weighted by molar-refractivity contribution is 5.84. The Labute approximate surface area is 186 Å². The third-order valence-corrected chi connectivity index (χ3v) is 6.33. The first-order valence-corrected chi connectivity index (χ1v) is 11.1. The molecule has 32 heavy (non-hydrogen) atoms. The minimum absolute atomic E-state index is 0.172. The third kappa shape index (κ3) is 5.15. The van der Waals surface area contributed by atoms with Crippen LogP contribution < -0.4 is 16.4 Å². The molecule has 2 atom stereocenters. The lowest BCUT2D eigenvalue weighted by atomic mass is 9.97. The number of nitrogen functional groups attached to an aromatic ring is 1. The fourth-order valence-electron chi connectivity index (χ4n) is 4.57. The molecule has 2 heterocycles. The second kappa shape index (κ2) is 9.36. The molecule has 1 aromatic carbocycles. The summed E-state index contributed by atoms with van der Waals surface area (Å²) in [7, 11) is 0. The number of carbonyl (C=O) groups is 1. The Morgan fingerprint density at radius 3 is 2.78 bits per heavy atom. The number of carbonyl (C=O) groups excluding carboxylic acids is 1. The van der Waals surface area contributed by atoms with Crippen LogP contribution in [0.5, 0.6) is 0 Å². The quantitative estimate of drug-likeness (QED) is 0.428. The zero-order valence-electron chi connectivity index (χ0n) is 18.3. The van der Waals surface area contributed by atoms with Gasteiger partial charge in [0.05, 0.1) is 12.5 Å².